The Hall–Kier alpha value is -0.0900. The first-order chi connectivity index (χ1) is 6.49. The molecule has 82 valence electrons. The average Bonchev–Trinajstić information content (AvgIpc) is 2.53. The largest absolute Gasteiger partial charge is 0.301 e. The van der Waals surface area contributed by atoms with Gasteiger partial charge in [0.15, 0.2) is 9.84 Å². The van der Waals surface area contributed by atoms with Gasteiger partial charge in [-0.25, -0.2) is 8.42 Å². The van der Waals surface area contributed by atoms with Crippen molar-refractivity contribution in [2.75, 3.05) is 25.4 Å². The molecule has 2 heterocycles. The van der Waals surface area contributed by atoms with Gasteiger partial charge in [-0.3, -0.25) is 0 Å². The van der Waals surface area contributed by atoms with Crippen molar-refractivity contribution in [1.29, 1.82) is 0 Å². The molecule has 0 aromatic rings. The molecule has 0 aromatic carbocycles. The summed E-state index contributed by atoms with van der Waals surface area (Å²) in [6.07, 6.45) is 0.890. The number of likely N-dealkylation sites (tertiary alicyclic amines) is 1. The normalized spacial score (nSPS) is 36.5. The van der Waals surface area contributed by atoms with Crippen LogP contribution in [0.25, 0.3) is 0 Å². The number of rotatable bonds is 2. The molecule has 0 bridgehead atoms. The standard InChI is InChI=1S/C10H19NO2S/c1-8(2)5-11-6-9-3-4-14(12,13)10(9)7-11/h8-10H,3-7H2,1-2H3. The summed E-state index contributed by atoms with van der Waals surface area (Å²) in [4.78, 5) is 2.32. The number of sulfone groups is 1. The van der Waals surface area contributed by atoms with Gasteiger partial charge >= 0.3 is 0 Å². The van der Waals surface area contributed by atoms with E-state index in [2.05, 4.69) is 18.7 Å². The van der Waals surface area contributed by atoms with E-state index < -0.39 is 9.84 Å². The van der Waals surface area contributed by atoms with Crippen LogP contribution in [0.5, 0.6) is 0 Å². The third-order valence-electron chi connectivity index (χ3n) is 3.31. The second-order valence-electron chi connectivity index (χ2n) is 5.07. The highest BCUT2D eigenvalue weighted by molar-refractivity contribution is 7.92. The van der Waals surface area contributed by atoms with Crippen molar-refractivity contribution >= 4 is 9.84 Å². The van der Waals surface area contributed by atoms with Crippen LogP contribution in [-0.2, 0) is 9.84 Å². The second-order valence-corrected chi connectivity index (χ2v) is 7.41. The minimum atomic E-state index is -2.73. The van der Waals surface area contributed by atoms with Gasteiger partial charge in [-0.1, -0.05) is 13.8 Å². The maximum absolute atomic E-state index is 11.6. The fourth-order valence-electron chi connectivity index (χ4n) is 2.74. The van der Waals surface area contributed by atoms with E-state index in [-0.39, 0.29) is 5.25 Å². The minimum absolute atomic E-state index is 0.0405. The Bertz CT molecular complexity index is 310. The summed E-state index contributed by atoms with van der Waals surface area (Å²) in [6, 6.07) is 0. The lowest BCUT2D eigenvalue weighted by Gasteiger charge is -2.18. The smallest absolute Gasteiger partial charge is 0.154 e. The summed E-state index contributed by atoms with van der Waals surface area (Å²) < 4.78 is 23.3. The summed E-state index contributed by atoms with van der Waals surface area (Å²) in [5, 5.41) is -0.0405. The monoisotopic (exact) mass is 217 g/mol. The Labute approximate surface area is 86.4 Å². The molecule has 4 heteroatoms. The number of nitrogens with zero attached hydrogens (tertiary/aromatic N) is 1. The molecule has 14 heavy (non-hydrogen) atoms. The van der Waals surface area contributed by atoms with E-state index in [1.54, 1.807) is 0 Å². The third-order valence-corrected chi connectivity index (χ3v) is 5.58. The predicted molar refractivity (Wildman–Crippen MR) is 57.0 cm³/mol. The van der Waals surface area contributed by atoms with E-state index in [0.29, 0.717) is 17.6 Å². The third kappa shape index (κ3) is 1.82. The van der Waals surface area contributed by atoms with Crippen molar-refractivity contribution in [1.82, 2.24) is 4.90 Å². The van der Waals surface area contributed by atoms with E-state index >= 15 is 0 Å². The van der Waals surface area contributed by atoms with Crippen LogP contribution < -0.4 is 0 Å². The summed E-state index contributed by atoms with van der Waals surface area (Å²) in [6.45, 7) is 7.20. The van der Waals surface area contributed by atoms with Gasteiger partial charge in [0.2, 0.25) is 0 Å². The molecular formula is C10H19NO2S. The summed E-state index contributed by atoms with van der Waals surface area (Å²) in [7, 11) is -2.73. The first kappa shape index (κ1) is 10.4. The van der Waals surface area contributed by atoms with E-state index in [0.717, 1.165) is 26.1 Å². The van der Waals surface area contributed by atoms with Crippen molar-refractivity contribution in [3.8, 4) is 0 Å². The van der Waals surface area contributed by atoms with E-state index in [1.807, 2.05) is 0 Å². The van der Waals surface area contributed by atoms with Gasteiger partial charge in [0.1, 0.15) is 0 Å². The summed E-state index contributed by atoms with van der Waals surface area (Å²) in [5.74, 6) is 1.49. The Morgan fingerprint density at radius 1 is 1.36 bits per heavy atom. The van der Waals surface area contributed by atoms with Gasteiger partial charge in [-0.2, -0.15) is 0 Å². The van der Waals surface area contributed by atoms with Crippen LogP contribution in [0.2, 0.25) is 0 Å². The lowest BCUT2D eigenvalue weighted by molar-refractivity contribution is 0.285. The molecule has 2 fully saturated rings. The SMILES string of the molecule is CC(C)CN1CC2CCS(=O)(=O)C2C1. The molecule has 0 amide bonds. The van der Waals surface area contributed by atoms with E-state index in [4.69, 9.17) is 0 Å². The van der Waals surface area contributed by atoms with Crippen LogP contribution in [-0.4, -0.2) is 44.0 Å². The Morgan fingerprint density at radius 3 is 2.64 bits per heavy atom. The first-order valence-electron chi connectivity index (χ1n) is 5.43. The molecule has 0 spiro atoms. The first-order valence-corrected chi connectivity index (χ1v) is 7.14. The average molecular weight is 217 g/mol. The molecule has 0 aromatic heterocycles. The predicted octanol–water partition coefficient (Wildman–Crippen LogP) is 0.761. The van der Waals surface area contributed by atoms with Crippen LogP contribution in [0.4, 0.5) is 0 Å². The van der Waals surface area contributed by atoms with Crippen molar-refractivity contribution in [2.24, 2.45) is 11.8 Å². The maximum Gasteiger partial charge on any atom is 0.154 e. The molecule has 2 aliphatic heterocycles. The van der Waals surface area contributed by atoms with Crippen molar-refractivity contribution in [3.63, 3.8) is 0 Å². The molecular weight excluding hydrogens is 198 g/mol. The quantitative estimate of drug-likeness (QED) is 0.685. The summed E-state index contributed by atoms with van der Waals surface area (Å²) in [5.41, 5.74) is 0. The van der Waals surface area contributed by atoms with Gasteiger partial charge in [0.05, 0.1) is 11.0 Å². The lowest BCUT2D eigenvalue weighted by Crippen LogP contribution is -2.29. The van der Waals surface area contributed by atoms with Crippen molar-refractivity contribution in [3.05, 3.63) is 0 Å². The molecule has 0 radical (unpaired) electrons. The Balaban J connectivity index is 2.02. The number of fused-ring (bicyclic) bond motifs is 1. The van der Waals surface area contributed by atoms with Crippen LogP contribution >= 0.6 is 0 Å². The highest BCUT2D eigenvalue weighted by Gasteiger charge is 2.45. The molecule has 2 rings (SSSR count). The van der Waals surface area contributed by atoms with E-state index in [9.17, 15) is 8.42 Å². The molecule has 2 aliphatic rings. The van der Waals surface area contributed by atoms with Crippen LogP contribution in [0.15, 0.2) is 0 Å². The zero-order chi connectivity index (χ0) is 10.3. The maximum atomic E-state index is 11.6. The fourth-order valence-corrected chi connectivity index (χ4v) is 4.92. The topological polar surface area (TPSA) is 37.4 Å². The molecule has 0 aliphatic carbocycles. The number of hydrogen-bond acceptors (Lipinski definition) is 3. The van der Waals surface area contributed by atoms with Crippen LogP contribution in [0.3, 0.4) is 0 Å². The molecule has 0 N–H and O–H groups in total. The lowest BCUT2D eigenvalue weighted by atomic mass is 10.1. The summed E-state index contributed by atoms with van der Waals surface area (Å²) >= 11 is 0. The molecule has 2 unspecified atom stereocenters. The van der Waals surface area contributed by atoms with Crippen LogP contribution in [0, 0.1) is 11.8 Å². The zero-order valence-corrected chi connectivity index (χ0v) is 9.76. The van der Waals surface area contributed by atoms with Crippen molar-refractivity contribution < 1.29 is 8.42 Å². The second kappa shape index (κ2) is 3.49. The molecule has 3 nitrogen and oxygen atoms in total. The van der Waals surface area contributed by atoms with Gasteiger partial charge < -0.3 is 4.90 Å². The van der Waals surface area contributed by atoms with Crippen molar-refractivity contribution in [2.45, 2.75) is 25.5 Å². The molecule has 2 saturated heterocycles. The fraction of sp³-hybridized carbons (Fsp3) is 1.00. The zero-order valence-electron chi connectivity index (χ0n) is 8.94. The van der Waals surface area contributed by atoms with Gasteiger partial charge in [0, 0.05) is 19.6 Å². The minimum Gasteiger partial charge on any atom is -0.301 e. The van der Waals surface area contributed by atoms with Crippen LogP contribution in [0.1, 0.15) is 20.3 Å². The van der Waals surface area contributed by atoms with Gasteiger partial charge in [-0.15, -0.1) is 0 Å². The van der Waals surface area contributed by atoms with E-state index in [1.165, 1.54) is 0 Å². The molecule has 2 atom stereocenters. The highest BCUT2D eigenvalue weighted by Crippen LogP contribution is 2.33. The van der Waals surface area contributed by atoms with Gasteiger partial charge in [-0.05, 0) is 18.3 Å². The Kier molecular flexibility index (Phi) is 2.60. The highest BCUT2D eigenvalue weighted by atomic mass is 32.2. The Morgan fingerprint density at radius 2 is 2.07 bits per heavy atom. The van der Waals surface area contributed by atoms with Gasteiger partial charge in [0.25, 0.3) is 0 Å². The number of hydrogen-bond donors (Lipinski definition) is 0. The molecule has 0 saturated carbocycles.